The van der Waals surface area contributed by atoms with Gasteiger partial charge in [-0.3, -0.25) is 9.36 Å². The number of amides is 1. The average Bonchev–Trinajstić information content (AvgIpc) is 3.35. The van der Waals surface area contributed by atoms with Gasteiger partial charge in [0.1, 0.15) is 0 Å². The summed E-state index contributed by atoms with van der Waals surface area (Å²) >= 11 is 0. The Labute approximate surface area is 175 Å². The highest BCUT2D eigenvalue weighted by Gasteiger charge is 2.31. The monoisotopic (exact) mass is 437 g/mol. The zero-order chi connectivity index (χ0) is 21.3. The van der Waals surface area contributed by atoms with Crippen LogP contribution >= 0.6 is 0 Å². The molecule has 2 aliphatic heterocycles. The summed E-state index contributed by atoms with van der Waals surface area (Å²) in [5, 5.41) is 2.93. The van der Waals surface area contributed by atoms with E-state index in [2.05, 4.69) is 5.32 Å². The highest BCUT2D eigenvalue weighted by atomic mass is 32.2. The van der Waals surface area contributed by atoms with E-state index in [0.717, 1.165) is 19.4 Å². The van der Waals surface area contributed by atoms with Crippen LogP contribution in [0.25, 0.3) is 11.1 Å². The molecule has 2 fully saturated rings. The molecule has 0 aliphatic carbocycles. The number of carbonyl (C=O) groups is 1. The van der Waals surface area contributed by atoms with E-state index in [1.807, 2.05) is 0 Å². The first-order valence-corrected chi connectivity index (χ1v) is 11.8. The number of aryl methyl sites for hydroxylation is 1. The van der Waals surface area contributed by atoms with Crippen LogP contribution in [0, 0.1) is 5.92 Å². The molecule has 0 radical (unpaired) electrons. The summed E-state index contributed by atoms with van der Waals surface area (Å²) in [5.74, 6) is -0.370. The van der Waals surface area contributed by atoms with Crippen LogP contribution in [0.1, 0.15) is 32.1 Å². The van der Waals surface area contributed by atoms with Gasteiger partial charge < -0.3 is 14.5 Å². The second kappa shape index (κ2) is 8.52. The number of carbonyl (C=O) groups excluding carboxylic acids is 1. The second-order valence-electron chi connectivity index (χ2n) is 8.05. The quantitative estimate of drug-likeness (QED) is 0.727. The first-order valence-electron chi connectivity index (χ1n) is 10.3. The number of hydrogen-bond acceptors (Lipinski definition) is 6. The van der Waals surface area contributed by atoms with E-state index in [-0.39, 0.29) is 28.4 Å². The maximum Gasteiger partial charge on any atom is 0.419 e. The first-order chi connectivity index (χ1) is 14.3. The van der Waals surface area contributed by atoms with Crippen molar-refractivity contribution < 1.29 is 22.4 Å². The highest BCUT2D eigenvalue weighted by Crippen LogP contribution is 2.27. The minimum Gasteiger partial charge on any atom is -0.408 e. The topological polar surface area (TPSA) is 111 Å². The fourth-order valence-electron chi connectivity index (χ4n) is 4.14. The van der Waals surface area contributed by atoms with Gasteiger partial charge in [-0.25, -0.2) is 13.2 Å². The Balaban J connectivity index is 1.33. The van der Waals surface area contributed by atoms with E-state index < -0.39 is 15.8 Å². The molecule has 30 heavy (non-hydrogen) atoms. The summed E-state index contributed by atoms with van der Waals surface area (Å²) in [6.07, 6.45) is 3.81. The summed E-state index contributed by atoms with van der Waals surface area (Å²) < 4.78 is 39.4. The molecular formula is C20H27N3O6S. The first kappa shape index (κ1) is 21.1. The Kier molecular flexibility index (Phi) is 5.99. The molecule has 9 nitrogen and oxygen atoms in total. The minimum absolute atomic E-state index is 0.00337. The number of sulfonamides is 1. The summed E-state index contributed by atoms with van der Waals surface area (Å²) in [5.41, 5.74) is 0.799. The number of aromatic nitrogens is 1. The molecule has 0 saturated carbocycles. The Morgan fingerprint density at radius 1 is 1.23 bits per heavy atom. The smallest absolute Gasteiger partial charge is 0.408 e. The Morgan fingerprint density at radius 2 is 2.00 bits per heavy atom. The third-order valence-corrected chi connectivity index (χ3v) is 7.89. The Morgan fingerprint density at radius 3 is 2.70 bits per heavy atom. The lowest BCUT2D eigenvalue weighted by Crippen LogP contribution is -2.40. The molecule has 3 heterocycles. The van der Waals surface area contributed by atoms with Crippen LogP contribution in [0.4, 0.5) is 0 Å². The molecule has 4 rings (SSSR count). The SMILES string of the molecule is Cn1c(=O)oc2cc(S(=O)(=O)N3CCC(CC(=O)NC[C@H]4CCCO4)CC3)ccc21. The zero-order valence-corrected chi connectivity index (χ0v) is 17.8. The van der Waals surface area contributed by atoms with Gasteiger partial charge >= 0.3 is 5.76 Å². The van der Waals surface area contributed by atoms with E-state index in [0.29, 0.717) is 44.4 Å². The highest BCUT2D eigenvalue weighted by molar-refractivity contribution is 7.89. The number of piperidine rings is 1. The fraction of sp³-hybridized carbons (Fsp3) is 0.600. The van der Waals surface area contributed by atoms with Gasteiger partial charge in [-0.2, -0.15) is 4.31 Å². The molecule has 0 spiro atoms. The van der Waals surface area contributed by atoms with Gasteiger partial charge in [0.15, 0.2) is 5.58 Å². The van der Waals surface area contributed by atoms with Crippen molar-refractivity contribution in [3.63, 3.8) is 0 Å². The lowest BCUT2D eigenvalue weighted by Gasteiger charge is -2.31. The van der Waals surface area contributed by atoms with E-state index in [1.54, 1.807) is 13.1 Å². The van der Waals surface area contributed by atoms with Crippen molar-refractivity contribution in [3.8, 4) is 0 Å². The third kappa shape index (κ3) is 4.30. The standard InChI is InChI=1S/C20H27N3O6S/c1-22-17-5-4-16(12-18(17)29-20(22)25)30(26,27)23-8-6-14(7-9-23)11-19(24)21-13-15-3-2-10-28-15/h4-5,12,14-15H,2-3,6-11,13H2,1H3,(H,21,24)/t15-/m1/s1. The summed E-state index contributed by atoms with van der Waals surface area (Å²) in [6, 6.07) is 4.48. The summed E-state index contributed by atoms with van der Waals surface area (Å²) in [4.78, 5) is 23.9. The van der Waals surface area contributed by atoms with Gasteiger partial charge in [-0.1, -0.05) is 0 Å². The third-order valence-electron chi connectivity index (χ3n) is 6.00. The van der Waals surface area contributed by atoms with E-state index in [1.165, 1.54) is 21.0 Å². The number of ether oxygens (including phenoxy) is 1. The van der Waals surface area contributed by atoms with Crippen molar-refractivity contribution in [2.75, 3.05) is 26.2 Å². The predicted molar refractivity (Wildman–Crippen MR) is 110 cm³/mol. The summed E-state index contributed by atoms with van der Waals surface area (Å²) in [7, 11) is -2.11. The number of oxazole rings is 1. The summed E-state index contributed by atoms with van der Waals surface area (Å²) in [6.45, 7) is 2.03. The number of nitrogens with one attached hydrogen (secondary N) is 1. The average molecular weight is 438 g/mol. The Hall–Kier alpha value is -2.17. The minimum atomic E-state index is -3.69. The van der Waals surface area contributed by atoms with Gasteiger partial charge in [0, 0.05) is 45.8 Å². The van der Waals surface area contributed by atoms with E-state index in [9.17, 15) is 18.0 Å². The van der Waals surface area contributed by atoms with Crippen LogP contribution in [-0.4, -0.2) is 55.5 Å². The van der Waals surface area contributed by atoms with Gasteiger partial charge in [-0.05, 0) is 43.7 Å². The Bertz CT molecular complexity index is 1080. The largest absolute Gasteiger partial charge is 0.419 e. The molecule has 0 unspecified atom stereocenters. The zero-order valence-electron chi connectivity index (χ0n) is 17.0. The normalized spacial score (nSPS) is 21.3. The van der Waals surface area contributed by atoms with Gasteiger partial charge in [0.2, 0.25) is 15.9 Å². The van der Waals surface area contributed by atoms with Crippen molar-refractivity contribution >= 4 is 27.0 Å². The van der Waals surface area contributed by atoms with Crippen molar-refractivity contribution in [2.24, 2.45) is 13.0 Å². The molecule has 10 heteroatoms. The van der Waals surface area contributed by atoms with Gasteiger partial charge in [0.05, 0.1) is 16.5 Å². The van der Waals surface area contributed by atoms with Crippen LogP contribution in [0.3, 0.4) is 0 Å². The molecule has 0 bridgehead atoms. The maximum absolute atomic E-state index is 13.0. The van der Waals surface area contributed by atoms with Crippen molar-refractivity contribution in [1.29, 1.82) is 0 Å². The maximum atomic E-state index is 13.0. The molecule has 1 aromatic carbocycles. The number of rotatable bonds is 6. The van der Waals surface area contributed by atoms with Crippen molar-refractivity contribution in [1.82, 2.24) is 14.2 Å². The molecule has 1 amide bonds. The van der Waals surface area contributed by atoms with Crippen LogP contribution in [-0.2, 0) is 26.6 Å². The van der Waals surface area contributed by atoms with E-state index in [4.69, 9.17) is 9.15 Å². The molecular weight excluding hydrogens is 410 g/mol. The lowest BCUT2D eigenvalue weighted by atomic mass is 9.94. The number of hydrogen-bond donors (Lipinski definition) is 1. The van der Waals surface area contributed by atoms with Crippen molar-refractivity contribution in [3.05, 3.63) is 28.7 Å². The lowest BCUT2D eigenvalue weighted by molar-refractivity contribution is -0.122. The van der Waals surface area contributed by atoms with Crippen LogP contribution in [0.2, 0.25) is 0 Å². The molecule has 1 N–H and O–H groups in total. The van der Waals surface area contributed by atoms with Gasteiger partial charge in [0.25, 0.3) is 0 Å². The number of benzene rings is 1. The predicted octanol–water partition coefficient (Wildman–Crippen LogP) is 1.22. The number of nitrogens with zero attached hydrogens (tertiary/aromatic N) is 2. The van der Waals surface area contributed by atoms with Crippen LogP contribution in [0.15, 0.2) is 32.3 Å². The fourth-order valence-corrected chi connectivity index (χ4v) is 5.63. The molecule has 1 aromatic heterocycles. The second-order valence-corrected chi connectivity index (χ2v) is 9.99. The van der Waals surface area contributed by atoms with E-state index >= 15 is 0 Å². The molecule has 164 valence electrons. The molecule has 2 saturated heterocycles. The molecule has 1 atom stereocenters. The number of fused-ring (bicyclic) bond motifs is 1. The molecule has 2 aromatic rings. The van der Waals surface area contributed by atoms with Crippen molar-refractivity contribution in [2.45, 2.75) is 43.1 Å². The van der Waals surface area contributed by atoms with Crippen LogP contribution in [0.5, 0.6) is 0 Å². The van der Waals surface area contributed by atoms with Gasteiger partial charge in [-0.15, -0.1) is 0 Å². The van der Waals surface area contributed by atoms with Crippen LogP contribution < -0.4 is 11.1 Å². The molecule has 2 aliphatic rings.